The van der Waals surface area contributed by atoms with Crippen LogP contribution in [-0.4, -0.2) is 25.1 Å². The number of carbonyl (C=O) groups is 2. The van der Waals surface area contributed by atoms with Crippen molar-refractivity contribution in [1.82, 2.24) is 5.43 Å². The van der Waals surface area contributed by atoms with Crippen molar-refractivity contribution in [3.63, 3.8) is 0 Å². The largest absolute Gasteiger partial charge is 0.493 e. The van der Waals surface area contributed by atoms with Gasteiger partial charge in [-0.15, -0.1) is 0 Å². The Bertz CT molecular complexity index is 1130. The van der Waals surface area contributed by atoms with Gasteiger partial charge in [0.25, 0.3) is 0 Å². The molecule has 0 spiro atoms. The molecule has 0 fully saturated rings. The zero-order valence-corrected chi connectivity index (χ0v) is 19.2. The van der Waals surface area contributed by atoms with Gasteiger partial charge < -0.3 is 14.8 Å². The van der Waals surface area contributed by atoms with E-state index in [0.717, 1.165) is 15.6 Å². The highest BCUT2D eigenvalue weighted by Crippen LogP contribution is 2.31. The van der Waals surface area contributed by atoms with Crippen LogP contribution in [0.25, 0.3) is 0 Å². The highest BCUT2D eigenvalue weighted by atomic mass is 79.9. The molecule has 0 unspecified atom stereocenters. The van der Waals surface area contributed by atoms with E-state index in [4.69, 9.17) is 9.47 Å². The topological polar surface area (TPSA) is 89.0 Å². The van der Waals surface area contributed by atoms with Crippen LogP contribution in [0.3, 0.4) is 0 Å². The minimum absolute atomic E-state index is 0.319. The molecular formula is C24H22BrN3O4. The van der Waals surface area contributed by atoms with Crippen LogP contribution in [0.1, 0.15) is 16.7 Å². The Morgan fingerprint density at radius 1 is 1.00 bits per heavy atom. The summed E-state index contributed by atoms with van der Waals surface area (Å²) in [5.41, 5.74) is 5.20. The number of rotatable bonds is 7. The van der Waals surface area contributed by atoms with Gasteiger partial charge >= 0.3 is 11.8 Å². The number of carbonyl (C=O) groups excluding carboxylic acids is 2. The number of methoxy groups -OCH3 is 1. The molecule has 0 aliphatic heterocycles. The van der Waals surface area contributed by atoms with Gasteiger partial charge in [-0.3, -0.25) is 9.59 Å². The molecule has 3 aromatic rings. The Morgan fingerprint density at radius 2 is 1.75 bits per heavy atom. The number of nitrogens with one attached hydrogen (secondary N) is 2. The second-order valence-electron chi connectivity index (χ2n) is 6.76. The summed E-state index contributed by atoms with van der Waals surface area (Å²) in [6.45, 7) is 2.16. The lowest BCUT2D eigenvalue weighted by molar-refractivity contribution is -0.136. The molecule has 2 N–H and O–H groups in total. The van der Waals surface area contributed by atoms with E-state index in [1.54, 1.807) is 37.4 Å². The van der Waals surface area contributed by atoms with Crippen molar-refractivity contribution in [3.8, 4) is 11.5 Å². The number of aryl methyl sites for hydroxylation is 1. The summed E-state index contributed by atoms with van der Waals surface area (Å²) < 4.78 is 12.3. The van der Waals surface area contributed by atoms with E-state index in [2.05, 4.69) is 31.8 Å². The van der Waals surface area contributed by atoms with Gasteiger partial charge in [-0.05, 0) is 48.4 Å². The predicted molar refractivity (Wildman–Crippen MR) is 127 cm³/mol. The summed E-state index contributed by atoms with van der Waals surface area (Å²) in [5.74, 6) is -0.700. The molecule has 32 heavy (non-hydrogen) atoms. The second kappa shape index (κ2) is 11.1. The Morgan fingerprint density at radius 3 is 2.47 bits per heavy atom. The van der Waals surface area contributed by atoms with Gasteiger partial charge in [-0.2, -0.15) is 5.10 Å². The van der Waals surface area contributed by atoms with E-state index in [1.807, 2.05) is 43.3 Å². The van der Waals surface area contributed by atoms with E-state index in [1.165, 1.54) is 6.21 Å². The van der Waals surface area contributed by atoms with Gasteiger partial charge in [0.1, 0.15) is 6.61 Å². The second-order valence-corrected chi connectivity index (χ2v) is 7.68. The molecule has 7 nitrogen and oxygen atoms in total. The molecule has 164 valence electrons. The fraction of sp³-hybridized carbons (Fsp3) is 0.125. The minimum atomic E-state index is -0.885. The van der Waals surface area contributed by atoms with Crippen molar-refractivity contribution in [2.45, 2.75) is 13.5 Å². The monoisotopic (exact) mass is 495 g/mol. The van der Waals surface area contributed by atoms with Crippen LogP contribution >= 0.6 is 15.9 Å². The van der Waals surface area contributed by atoms with Crippen LogP contribution in [0.15, 0.2) is 76.3 Å². The molecule has 8 heteroatoms. The minimum Gasteiger partial charge on any atom is -0.493 e. The van der Waals surface area contributed by atoms with Gasteiger partial charge in [0.2, 0.25) is 0 Å². The lowest BCUT2D eigenvalue weighted by atomic mass is 10.2. The van der Waals surface area contributed by atoms with E-state index >= 15 is 0 Å². The van der Waals surface area contributed by atoms with Crippen LogP contribution in [0.4, 0.5) is 5.69 Å². The number of amides is 2. The first-order valence-corrected chi connectivity index (χ1v) is 10.5. The molecule has 0 atom stereocenters. The van der Waals surface area contributed by atoms with Crippen molar-refractivity contribution in [3.05, 3.63) is 87.9 Å². The van der Waals surface area contributed by atoms with Crippen LogP contribution in [0.5, 0.6) is 11.5 Å². The number of nitrogens with zero attached hydrogens (tertiary/aromatic N) is 1. The molecule has 0 bridgehead atoms. The zero-order valence-electron chi connectivity index (χ0n) is 17.6. The number of anilines is 1. The molecule has 0 saturated carbocycles. The average Bonchev–Trinajstić information content (AvgIpc) is 2.80. The van der Waals surface area contributed by atoms with E-state index in [-0.39, 0.29) is 0 Å². The third-order valence-corrected chi connectivity index (χ3v) is 5.02. The smallest absolute Gasteiger partial charge is 0.329 e. The Kier molecular flexibility index (Phi) is 7.99. The molecular weight excluding hydrogens is 474 g/mol. The molecule has 0 saturated heterocycles. The van der Waals surface area contributed by atoms with Crippen molar-refractivity contribution in [2.24, 2.45) is 5.10 Å². The number of ether oxygens (including phenoxy) is 2. The molecule has 0 radical (unpaired) electrons. The first kappa shape index (κ1) is 23.0. The molecule has 2 amide bonds. The quantitative estimate of drug-likeness (QED) is 0.288. The Hall–Kier alpha value is -3.65. The number of halogens is 1. The summed E-state index contributed by atoms with van der Waals surface area (Å²) in [6.07, 6.45) is 1.40. The lowest BCUT2D eigenvalue weighted by Crippen LogP contribution is -2.32. The highest BCUT2D eigenvalue weighted by molar-refractivity contribution is 9.10. The summed E-state index contributed by atoms with van der Waals surface area (Å²) in [7, 11) is 1.54. The van der Waals surface area contributed by atoms with E-state index in [0.29, 0.717) is 29.4 Å². The van der Waals surface area contributed by atoms with Gasteiger partial charge in [-0.25, -0.2) is 5.43 Å². The fourth-order valence-electron chi connectivity index (χ4n) is 2.79. The van der Waals surface area contributed by atoms with Crippen LogP contribution in [0.2, 0.25) is 0 Å². The molecule has 0 heterocycles. The van der Waals surface area contributed by atoms with E-state index < -0.39 is 11.8 Å². The normalized spacial score (nSPS) is 10.6. The summed E-state index contributed by atoms with van der Waals surface area (Å²) in [4.78, 5) is 24.2. The maximum atomic E-state index is 12.1. The van der Waals surface area contributed by atoms with Crippen molar-refractivity contribution >= 4 is 39.6 Å². The maximum Gasteiger partial charge on any atom is 0.329 e. The zero-order chi connectivity index (χ0) is 22.9. The SMILES string of the molecule is COc1cccc(/C=N\NC(=O)C(=O)Nc2ccccc2C)c1OCc1ccc(Br)cc1. The van der Waals surface area contributed by atoms with Crippen molar-refractivity contribution < 1.29 is 19.1 Å². The third kappa shape index (κ3) is 6.18. The first-order valence-electron chi connectivity index (χ1n) is 9.72. The summed E-state index contributed by atoms with van der Waals surface area (Å²) in [5, 5.41) is 6.46. The molecule has 3 aromatic carbocycles. The van der Waals surface area contributed by atoms with Gasteiger partial charge in [0.15, 0.2) is 11.5 Å². The molecule has 3 rings (SSSR count). The average molecular weight is 496 g/mol. The third-order valence-electron chi connectivity index (χ3n) is 4.49. The van der Waals surface area contributed by atoms with Crippen molar-refractivity contribution in [2.75, 3.05) is 12.4 Å². The number of hydrazone groups is 1. The number of hydrogen-bond acceptors (Lipinski definition) is 5. The molecule has 0 aliphatic carbocycles. The highest BCUT2D eigenvalue weighted by Gasteiger charge is 2.14. The predicted octanol–water partition coefficient (Wildman–Crippen LogP) is 4.43. The van der Waals surface area contributed by atoms with Crippen LogP contribution in [-0.2, 0) is 16.2 Å². The summed E-state index contributed by atoms with van der Waals surface area (Å²) in [6, 6.07) is 20.2. The van der Waals surface area contributed by atoms with Crippen molar-refractivity contribution in [1.29, 1.82) is 0 Å². The Balaban J connectivity index is 1.66. The van der Waals surface area contributed by atoms with Gasteiger partial charge in [-0.1, -0.05) is 52.3 Å². The summed E-state index contributed by atoms with van der Waals surface area (Å²) >= 11 is 3.41. The van der Waals surface area contributed by atoms with Gasteiger partial charge in [0, 0.05) is 15.7 Å². The maximum absolute atomic E-state index is 12.1. The van der Waals surface area contributed by atoms with Crippen LogP contribution in [0, 0.1) is 6.92 Å². The van der Waals surface area contributed by atoms with Crippen LogP contribution < -0.4 is 20.2 Å². The fourth-order valence-corrected chi connectivity index (χ4v) is 3.05. The van der Waals surface area contributed by atoms with Gasteiger partial charge in [0.05, 0.1) is 13.3 Å². The number of para-hydroxylation sites is 2. The first-order chi connectivity index (χ1) is 15.5. The molecule has 0 aromatic heterocycles. The van der Waals surface area contributed by atoms with E-state index in [9.17, 15) is 9.59 Å². The molecule has 0 aliphatic rings. The standard InChI is InChI=1S/C24H22BrN3O4/c1-16-6-3-4-8-20(16)27-23(29)24(30)28-26-14-18-7-5-9-21(31-2)22(18)32-15-17-10-12-19(25)13-11-17/h3-14H,15H2,1-2H3,(H,27,29)(H,28,30)/b26-14-. The Labute approximate surface area is 194 Å². The lowest BCUT2D eigenvalue weighted by Gasteiger charge is -2.13. The number of benzene rings is 3. The number of hydrogen-bond donors (Lipinski definition) is 2.